The lowest BCUT2D eigenvalue weighted by Gasteiger charge is -2.26. The van der Waals surface area contributed by atoms with E-state index in [2.05, 4.69) is 52.2 Å². The average Bonchev–Trinajstić information content (AvgIpc) is 3.04. The minimum absolute atomic E-state index is 0.226. The van der Waals surface area contributed by atoms with E-state index in [0.29, 0.717) is 18.2 Å². The molecule has 0 bridgehead atoms. The highest BCUT2D eigenvalue weighted by Crippen LogP contribution is 2.40. The number of benzene rings is 1. The van der Waals surface area contributed by atoms with Gasteiger partial charge in [0.05, 0.1) is 29.3 Å². The molecule has 0 radical (unpaired) electrons. The molecule has 166 valence electrons. The Bertz CT molecular complexity index is 867. The van der Waals surface area contributed by atoms with Crippen molar-refractivity contribution in [3.63, 3.8) is 0 Å². The monoisotopic (exact) mass is 478 g/mol. The van der Waals surface area contributed by atoms with Gasteiger partial charge in [-0.1, -0.05) is 33.1 Å². The summed E-state index contributed by atoms with van der Waals surface area (Å²) in [5, 5.41) is 0.923. The molecule has 0 aliphatic heterocycles. The maximum atomic E-state index is 13.1. The number of methoxy groups -OCH3 is 1. The van der Waals surface area contributed by atoms with Gasteiger partial charge in [0.2, 0.25) is 0 Å². The Kier molecular flexibility index (Phi) is 8.23. The zero-order valence-corrected chi connectivity index (χ0v) is 20.4. The second kappa shape index (κ2) is 10.7. The maximum absolute atomic E-state index is 13.1. The van der Waals surface area contributed by atoms with Crippen molar-refractivity contribution in [3.05, 3.63) is 27.9 Å². The summed E-state index contributed by atoms with van der Waals surface area (Å²) >= 11 is 3.63. The first-order chi connectivity index (χ1) is 14.5. The molecule has 0 unspecified atom stereocenters. The molecule has 0 amide bonds. The van der Waals surface area contributed by atoms with Crippen molar-refractivity contribution in [2.75, 3.05) is 33.4 Å². The molecule has 1 fully saturated rings. The SMILES string of the molecule is CCN(CC)CCCOC(=O)c1c(C)n(C2CCCCC2)c2cc(Br)c(OC)cc12. The summed E-state index contributed by atoms with van der Waals surface area (Å²) in [5.74, 6) is 0.509. The number of carbonyl (C=O) groups is 1. The molecule has 3 rings (SSSR count). The van der Waals surface area contributed by atoms with E-state index in [9.17, 15) is 4.79 Å². The Labute approximate surface area is 188 Å². The van der Waals surface area contributed by atoms with Gasteiger partial charge in [0, 0.05) is 23.7 Å². The third-order valence-electron chi connectivity index (χ3n) is 6.41. The van der Waals surface area contributed by atoms with Crippen LogP contribution in [0.2, 0.25) is 0 Å². The predicted octanol–water partition coefficient (Wildman–Crippen LogP) is 6.11. The van der Waals surface area contributed by atoms with Crippen molar-refractivity contribution < 1.29 is 14.3 Å². The van der Waals surface area contributed by atoms with Crippen LogP contribution in [-0.2, 0) is 4.74 Å². The molecule has 0 saturated heterocycles. The van der Waals surface area contributed by atoms with Crippen LogP contribution in [0.15, 0.2) is 16.6 Å². The molecule has 1 aromatic heterocycles. The molecule has 1 saturated carbocycles. The minimum Gasteiger partial charge on any atom is -0.496 e. The quantitative estimate of drug-likeness (QED) is 0.321. The highest BCUT2D eigenvalue weighted by atomic mass is 79.9. The molecule has 1 aliphatic rings. The van der Waals surface area contributed by atoms with Gasteiger partial charge in [-0.2, -0.15) is 0 Å². The van der Waals surface area contributed by atoms with Crippen molar-refractivity contribution in [1.29, 1.82) is 0 Å². The minimum atomic E-state index is -0.226. The maximum Gasteiger partial charge on any atom is 0.340 e. The summed E-state index contributed by atoms with van der Waals surface area (Å²) in [6, 6.07) is 4.50. The number of hydrogen-bond donors (Lipinski definition) is 0. The molecule has 1 heterocycles. The first-order valence-corrected chi connectivity index (χ1v) is 12.1. The lowest BCUT2D eigenvalue weighted by molar-refractivity contribution is 0.0490. The first kappa shape index (κ1) is 23.1. The number of ether oxygens (including phenoxy) is 2. The molecule has 0 atom stereocenters. The van der Waals surface area contributed by atoms with Crippen LogP contribution in [-0.4, -0.2) is 48.8 Å². The molecule has 0 spiro atoms. The number of esters is 1. The predicted molar refractivity (Wildman–Crippen MR) is 126 cm³/mol. The van der Waals surface area contributed by atoms with Crippen LogP contribution in [0, 0.1) is 6.92 Å². The Balaban J connectivity index is 1.90. The van der Waals surface area contributed by atoms with Crippen LogP contribution in [0.4, 0.5) is 0 Å². The third-order valence-corrected chi connectivity index (χ3v) is 7.03. The number of fused-ring (bicyclic) bond motifs is 1. The van der Waals surface area contributed by atoms with Gasteiger partial charge in [0.25, 0.3) is 0 Å². The van der Waals surface area contributed by atoms with E-state index in [-0.39, 0.29) is 5.97 Å². The molecule has 1 aliphatic carbocycles. The fraction of sp³-hybridized carbons (Fsp3) is 0.625. The van der Waals surface area contributed by atoms with Crippen LogP contribution < -0.4 is 4.74 Å². The topological polar surface area (TPSA) is 43.7 Å². The molecule has 5 nitrogen and oxygen atoms in total. The highest BCUT2D eigenvalue weighted by molar-refractivity contribution is 9.10. The Morgan fingerprint density at radius 1 is 1.20 bits per heavy atom. The van der Waals surface area contributed by atoms with E-state index < -0.39 is 0 Å². The van der Waals surface area contributed by atoms with Crippen molar-refractivity contribution in [2.24, 2.45) is 0 Å². The molecule has 0 N–H and O–H groups in total. The van der Waals surface area contributed by atoms with E-state index in [1.54, 1.807) is 7.11 Å². The summed E-state index contributed by atoms with van der Waals surface area (Å²) in [4.78, 5) is 15.5. The van der Waals surface area contributed by atoms with E-state index in [1.165, 1.54) is 19.3 Å². The second-order valence-electron chi connectivity index (χ2n) is 8.14. The number of nitrogens with zero attached hydrogens (tertiary/aromatic N) is 2. The number of halogens is 1. The van der Waals surface area contributed by atoms with Crippen LogP contribution >= 0.6 is 15.9 Å². The number of hydrogen-bond acceptors (Lipinski definition) is 4. The van der Waals surface area contributed by atoms with Crippen LogP contribution in [0.3, 0.4) is 0 Å². The third kappa shape index (κ3) is 4.86. The standard InChI is InChI=1S/C24H35BrN2O3/c1-5-26(6-2)13-10-14-30-24(28)23-17(3)27(18-11-8-7-9-12-18)21-16-20(25)22(29-4)15-19(21)23/h15-16,18H,5-14H2,1-4H3. The number of rotatable bonds is 9. The van der Waals surface area contributed by atoms with E-state index in [4.69, 9.17) is 9.47 Å². The average molecular weight is 479 g/mol. The first-order valence-electron chi connectivity index (χ1n) is 11.3. The fourth-order valence-electron chi connectivity index (χ4n) is 4.73. The van der Waals surface area contributed by atoms with Crippen LogP contribution in [0.25, 0.3) is 10.9 Å². The van der Waals surface area contributed by atoms with E-state index >= 15 is 0 Å². The Morgan fingerprint density at radius 2 is 1.90 bits per heavy atom. The summed E-state index contributed by atoms with van der Waals surface area (Å²) in [7, 11) is 1.65. The second-order valence-corrected chi connectivity index (χ2v) is 9.00. The molecule has 1 aromatic carbocycles. The van der Waals surface area contributed by atoms with Crippen molar-refractivity contribution >= 4 is 32.8 Å². The van der Waals surface area contributed by atoms with Gasteiger partial charge >= 0.3 is 5.97 Å². The summed E-state index contributed by atoms with van der Waals surface area (Å²) < 4.78 is 14.5. The zero-order valence-electron chi connectivity index (χ0n) is 18.8. The molecular weight excluding hydrogens is 444 g/mol. The Morgan fingerprint density at radius 3 is 2.53 bits per heavy atom. The van der Waals surface area contributed by atoms with Crippen molar-refractivity contribution in [2.45, 2.75) is 65.3 Å². The molecular formula is C24H35BrN2O3. The highest BCUT2D eigenvalue weighted by Gasteiger charge is 2.27. The lowest BCUT2D eigenvalue weighted by atomic mass is 9.95. The van der Waals surface area contributed by atoms with Crippen LogP contribution in [0.1, 0.15) is 74.5 Å². The summed E-state index contributed by atoms with van der Waals surface area (Å²) in [6.45, 7) is 9.80. The van der Waals surface area contributed by atoms with Gasteiger partial charge in [-0.25, -0.2) is 4.79 Å². The molecule has 2 aromatic rings. The van der Waals surface area contributed by atoms with Gasteiger partial charge in [-0.15, -0.1) is 0 Å². The summed E-state index contributed by atoms with van der Waals surface area (Å²) in [5.41, 5.74) is 2.78. The van der Waals surface area contributed by atoms with Gasteiger partial charge in [0.15, 0.2) is 0 Å². The van der Waals surface area contributed by atoms with E-state index in [0.717, 1.165) is 65.7 Å². The summed E-state index contributed by atoms with van der Waals surface area (Å²) in [6.07, 6.45) is 6.95. The number of carbonyl (C=O) groups excluding carboxylic acids is 1. The lowest BCUT2D eigenvalue weighted by Crippen LogP contribution is -2.25. The molecule has 30 heavy (non-hydrogen) atoms. The smallest absolute Gasteiger partial charge is 0.340 e. The molecule has 6 heteroatoms. The van der Waals surface area contributed by atoms with Gasteiger partial charge < -0.3 is 18.9 Å². The zero-order chi connectivity index (χ0) is 21.7. The fourth-order valence-corrected chi connectivity index (χ4v) is 5.22. The van der Waals surface area contributed by atoms with Gasteiger partial charge in [-0.05, 0) is 67.3 Å². The van der Waals surface area contributed by atoms with Gasteiger partial charge in [-0.3, -0.25) is 0 Å². The van der Waals surface area contributed by atoms with E-state index in [1.807, 2.05) is 6.07 Å². The normalized spacial score (nSPS) is 15.1. The van der Waals surface area contributed by atoms with Gasteiger partial charge in [0.1, 0.15) is 5.75 Å². The Hall–Kier alpha value is -1.53. The van der Waals surface area contributed by atoms with Crippen molar-refractivity contribution in [1.82, 2.24) is 9.47 Å². The number of aromatic nitrogens is 1. The van der Waals surface area contributed by atoms with Crippen LogP contribution in [0.5, 0.6) is 5.75 Å². The largest absolute Gasteiger partial charge is 0.496 e. The van der Waals surface area contributed by atoms with Crippen molar-refractivity contribution in [3.8, 4) is 5.75 Å².